The number of carbonyl (C=O) groups is 2. The molecule has 0 aromatic carbocycles. The normalized spacial score (nSPS) is 25.1. The average molecular weight is 273 g/mol. The van der Waals surface area contributed by atoms with Gasteiger partial charge >= 0.3 is 6.18 Å². The highest BCUT2D eigenvalue weighted by Crippen LogP contribution is 2.38. The summed E-state index contributed by atoms with van der Waals surface area (Å²) in [7, 11) is 2.65. The van der Waals surface area contributed by atoms with Crippen LogP contribution in [0.5, 0.6) is 0 Å². The first kappa shape index (κ1) is 13.7. The Bertz CT molecular complexity index is 295. The van der Waals surface area contributed by atoms with E-state index in [1.54, 1.807) is 6.26 Å². The summed E-state index contributed by atoms with van der Waals surface area (Å²) in [6.45, 7) is 0. The maximum Gasteiger partial charge on any atom is 0.398 e. The van der Waals surface area contributed by atoms with Gasteiger partial charge in [-0.05, 0) is 12.7 Å². The van der Waals surface area contributed by atoms with Gasteiger partial charge in [-0.2, -0.15) is 13.2 Å². The number of ketones is 1. The SMILES string of the molecule is CSSCC(=O)N[C@@H]1C[C@H](C(F)(F)F)C1=O. The van der Waals surface area contributed by atoms with Crippen LogP contribution in [0.2, 0.25) is 0 Å². The molecule has 0 unspecified atom stereocenters. The third kappa shape index (κ3) is 3.31. The molecule has 0 bridgehead atoms. The van der Waals surface area contributed by atoms with Crippen LogP contribution in [0.3, 0.4) is 0 Å². The molecule has 2 atom stereocenters. The molecule has 1 aliphatic carbocycles. The topological polar surface area (TPSA) is 46.2 Å². The molecule has 0 aromatic rings. The van der Waals surface area contributed by atoms with Crippen molar-refractivity contribution in [2.45, 2.75) is 18.6 Å². The lowest BCUT2D eigenvalue weighted by Gasteiger charge is -2.34. The Morgan fingerprint density at radius 2 is 2.19 bits per heavy atom. The van der Waals surface area contributed by atoms with Crippen LogP contribution in [0, 0.1) is 5.92 Å². The number of carbonyl (C=O) groups excluding carboxylic acids is 2. The lowest BCUT2D eigenvalue weighted by Crippen LogP contribution is -2.57. The molecule has 92 valence electrons. The van der Waals surface area contributed by atoms with Crippen LogP contribution in [-0.4, -0.2) is 35.9 Å². The number of Topliss-reactive ketones (excluding diaryl/α,β-unsaturated/α-hetero) is 1. The van der Waals surface area contributed by atoms with Gasteiger partial charge in [0.15, 0.2) is 5.78 Å². The molecule has 0 aromatic heterocycles. The molecule has 1 fully saturated rings. The molecule has 0 spiro atoms. The molecule has 1 aliphatic rings. The highest BCUT2D eigenvalue weighted by atomic mass is 33.1. The van der Waals surface area contributed by atoms with Crippen LogP contribution >= 0.6 is 21.6 Å². The van der Waals surface area contributed by atoms with Crippen LogP contribution in [0.4, 0.5) is 13.2 Å². The van der Waals surface area contributed by atoms with E-state index in [4.69, 9.17) is 0 Å². The van der Waals surface area contributed by atoms with Crippen LogP contribution < -0.4 is 5.32 Å². The maximum absolute atomic E-state index is 12.1. The molecule has 0 heterocycles. The molecule has 16 heavy (non-hydrogen) atoms. The lowest BCUT2D eigenvalue weighted by atomic mass is 9.78. The minimum Gasteiger partial charge on any atom is -0.346 e. The summed E-state index contributed by atoms with van der Waals surface area (Å²) < 4.78 is 36.4. The molecular formula is C8H10F3NO2S2. The Hall–Kier alpha value is -0.370. The Kier molecular flexibility index (Phi) is 4.54. The second-order valence-electron chi connectivity index (χ2n) is 3.28. The van der Waals surface area contributed by atoms with Gasteiger partial charge in [-0.3, -0.25) is 9.59 Å². The van der Waals surface area contributed by atoms with Crippen molar-refractivity contribution in [3.63, 3.8) is 0 Å². The first-order valence-electron chi connectivity index (χ1n) is 4.41. The van der Waals surface area contributed by atoms with Gasteiger partial charge in [0.25, 0.3) is 0 Å². The summed E-state index contributed by atoms with van der Waals surface area (Å²) in [4.78, 5) is 22.2. The number of alkyl halides is 3. The van der Waals surface area contributed by atoms with Gasteiger partial charge in [0.1, 0.15) is 5.92 Å². The Balaban J connectivity index is 2.34. The average Bonchev–Trinajstić information content (AvgIpc) is 2.18. The van der Waals surface area contributed by atoms with Crippen LogP contribution in [0.25, 0.3) is 0 Å². The van der Waals surface area contributed by atoms with E-state index in [-0.39, 0.29) is 12.2 Å². The van der Waals surface area contributed by atoms with Gasteiger partial charge in [0.05, 0.1) is 11.8 Å². The first-order valence-corrected chi connectivity index (χ1v) is 7.14. The fourth-order valence-electron chi connectivity index (χ4n) is 1.32. The quantitative estimate of drug-likeness (QED) is 0.791. The predicted molar refractivity (Wildman–Crippen MR) is 57.1 cm³/mol. The van der Waals surface area contributed by atoms with Crippen molar-refractivity contribution < 1.29 is 22.8 Å². The zero-order valence-corrected chi connectivity index (χ0v) is 9.97. The van der Waals surface area contributed by atoms with Crippen molar-refractivity contribution in [2.24, 2.45) is 5.92 Å². The number of rotatable bonds is 4. The number of nitrogens with one attached hydrogen (secondary N) is 1. The van der Waals surface area contributed by atoms with E-state index in [1.165, 1.54) is 21.6 Å². The van der Waals surface area contributed by atoms with Crippen LogP contribution in [-0.2, 0) is 9.59 Å². The minimum atomic E-state index is -4.48. The zero-order chi connectivity index (χ0) is 12.3. The molecule has 3 nitrogen and oxygen atoms in total. The van der Waals surface area contributed by atoms with Crippen molar-refractivity contribution in [2.75, 3.05) is 12.0 Å². The van der Waals surface area contributed by atoms with E-state index in [9.17, 15) is 22.8 Å². The Labute approximate surface area is 98.3 Å². The summed E-state index contributed by atoms with van der Waals surface area (Å²) in [6.07, 6.45) is -3.03. The summed E-state index contributed by atoms with van der Waals surface area (Å²) in [5, 5.41) is 2.28. The molecule has 1 saturated carbocycles. The van der Waals surface area contributed by atoms with Crippen molar-refractivity contribution in [1.29, 1.82) is 0 Å². The van der Waals surface area contributed by atoms with E-state index in [2.05, 4.69) is 5.32 Å². The van der Waals surface area contributed by atoms with Gasteiger partial charge in [-0.1, -0.05) is 21.6 Å². The van der Waals surface area contributed by atoms with Crippen LogP contribution in [0.15, 0.2) is 0 Å². The van der Waals surface area contributed by atoms with Crippen LogP contribution in [0.1, 0.15) is 6.42 Å². The highest BCUT2D eigenvalue weighted by molar-refractivity contribution is 8.76. The zero-order valence-electron chi connectivity index (χ0n) is 8.34. The molecular weight excluding hydrogens is 263 g/mol. The predicted octanol–water partition coefficient (Wildman–Crippen LogP) is 1.63. The standard InChI is InChI=1S/C8H10F3NO2S2/c1-15-16-3-6(13)12-5-2-4(7(5)14)8(9,10)11/h4-5H,2-3H2,1H3,(H,12,13)/t4-,5+/m0/s1. The molecule has 1 N–H and O–H groups in total. The van der Waals surface area contributed by atoms with Crippen molar-refractivity contribution >= 4 is 33.3 Å². The summed E-state index contributed by atoms with van der Waals surface area (Å²) in [5.74, 6) is -3.10. The van der Waals surface area contributed by atoms with E-state index in [0.717, 1.165) is 0 Å². The van der Waals surface area contributed by atoms with Crippen molar-refractivity contribution in [3.05, 3.63) is 0 Å². The molecule has 1 amide bonds. The third-order valence-corrected chi connectivity index (χ3v) is 3.87. The number of amides is 1. The van der Waals surface area contributed by atoms with Gasteiger partial charge in [-0.15, -0.1) is 0 Å². The van der Waals surface area contributed by atoms with Gasteiger partial charge < -0.3 is 5.32 Å². The fourth-order valence-corrected chi connectivity index (χ4v) is 2.31. The fraction of sp³-hybridized carbons (Fsp3) is 0.750. The second kappa shape index (κ2) is 5.31. The monoisotopic (exact) mass is 273 g/mol. The van der Waals surface area contributed by atoms with Crippen molar-refractivity contribution in [1.82, 2.24) is 5.32 Å². The van der Waals surface area contributed by atoms with Gasteiger partial charge in [-0.25, -0.2) is 0 Å². The van der Waals surface area contributed by atoms with Crippen molar-refractivity contribution in [3.8, 4) is 0 Å². The smallest absolute Gasteiger partial charge is 0.346 e. The maximum atomic E-state index is 12.1. The first-order chi connectivity index (χ1) is 7.36. The van der Waals surface area contributed by atoms with E-state index in [0.29, 0.717) is 0 Å². The Morgan fingerprint density at radius 1 is 1.56 bits per heavy atom. The number of hydrogen-bond acceptors (Lipinski definition) is 4. The third-order valence-electron chi connectivity index (χ3n) is 2.20. The number of halogens is 3. The molecule has 0 radical (unpaired) electrons. The highest BCUT2D eigenvalue weighted by Gasteiger charge is 2.55. The van der Waals surface area contributed by atoms with Gasteiger partial charge in [0, 0.05) is 0 Å². The number of hydrogen-bond donors (Lipinski definition) is 1. The Morgan fingerprint density at radius 3 is 2.62 bits per heavy atom. The van der Waals surface area contributed by atoms with Gasteiger partial charge in [0.2, 0.25) is 5.91 Å². The second-order valence-corrected chi connectivity index (χ2v) is 5.85. The largest absolute Gasteiger partial charge is 0.398 e. The summed E-state index contributed by atoms with van der Waals surface area (Å²) in [6, 6.07) is -0.957. The molecule has 0 saturated heterocycles. The van der Waals surface area contributed by atoms with E-state index in [1.807, 2.05) is 0 Å². The minimum absolute atomic E-state index is 0.141. The summed E-state index contributed by atoms with van der Waals surface area (Å²) in [5.41, 5.74) is 0. The molecule has 8 heteroatoms. The van der Waals surface area contributed by atoms with E-state index < -0.39 is 29.8 Å². The summed E-state index contributed by atoms with van der Waals surface area (Å²) >= 11 is 0. The molecule has 1 rings (SSSR count). The van der Waals surface area contributed by atoms with E-state index >= 15 is 0 Å². The molecule has 0 aliphatic heterocycles. The lowest BCUT2D eigenvalue weighted by molar-refractivity contribution is -0.198.